The van der Waals surface area contributed by atoms with E-state index in [0.29, 0.717) is 27.9 Å². The zero-order valence-corrected chi connectivity index (χ0v) is 16.3. The van der Waals surface area contributed by atoms with Crippen LogP contribution < -0.4 is 5.32 Å². The van der Waals surface area contributed by atoms with Crippen LogP contribution in [0.25, 0.3) is 0 Å². The van der Waals surface area contributed by atoms with Crippen LogP contribution in [0.2, 0.25) is 10.0 Å². The third-order valence-electron chi connectivity index (χ3n) is 3.48. The fourth-order valence-electron chi connectivity index (χ4n) is 2.21. The molecule has 0 aliphatic carbocycles. The first-order valence-electron chi connectivity index (χ1n) is 7.68. The molecule has 1 amide bonds. The van der Waals surface area contributed by atoms with Gasteiger partial charge < -0.3 is 10.1 Å². The molecule has 0 saturated heterocycles. The van der Waals surface area contributed by atoms with Crippen LogP contribution >= 0.6 is 23.2 Å². The van der Waals surface area contributed by atoms with Gasteiger partial charge in [0.15, 0.2) is 6.61 Å². The van der Waals surface area contributed by atoms with Crippen LogP contribution in [0.1, 0.15) is 15.9 Å². The zero-order valence-electron chi connectivity index (χ0n) is 14.0. The maximum absolute atomic E-state index is 12.1. The molecular weight excluding hydrogens is 397 g/mol. The van der Waals surface area contributed by atoms with Crippen molar-refractivity contribution in [2.45, 2.75) is 11.3 Å². The van der Waals surface area contributed by atoms with Gasteiger partial charge in [-0.25, -0.2) is 4.79 Å². The van der Waals surface area contributed by atoms with Crippen LogP contribution in [-0.2, 0) is 26.8 Å². The predicted molar refractivity (Wildman–Crippen MR) is 102 cm³/mol. The van der Waals surface area contributed by atoms with Crippen molar-refractivity contribution in [3.8, 4) is 0 Å². The third-order valence-corrected chi connectivity index (χ3v) is 5.04. The molecule has 5 nitrogen and oxygen atoms in total. The van der Waals surface area contributed by atoms with Gasteiger partial charge in [-0.2, -0.15) is 0 Å². The summed E-state index contributed by atoms with van der Waals surface area (Å²) in [6.45, 7) is -0.0782. The van der Waals surface area contributed by atoms with Gasteiger partial charge in [-0.3, -0.25) is 9.00 Å². The lowest BCUT2D eigenvalue weighted by Gasteiger charge is -2.09. The van der Waals surface area contributed by atoms with Gasteiger partial charge in [-0.15, -0.1) is 0 Å². The van der Waals surface area contributed by atoms with Gasteiger partial charge in [0.05, 0.1) is 21.3 Å². The molecule has 2 rings (SSSR count). The molecule has 8 heteroatoms. The number of halogens is 2. The highest BCUT2D eigenvalue weighted by molar-refractivity contribution is 7.84. The van der Waals surface area contributed by atoms with Gasteiger partial charge in [0.2, 0.25) is 0 Å². The Hall–Kier alpha value is -1.89. The minimum absolute atomic E-state index is 0.189. The predicted octanol–water partition coefficient (Wildman–Crippen LogP) is 3.25. The molecule has 0 unspecified atom stereocenters. The van der Waals surface area contributed by atoms with Gasteiger partial charge in [0, 0.05) is 22.8 Å². The van der Waals surface area contributed by atoms with Crippen molar-refractivity contribution >= 4 is 45.9 Å². The Balaban J connectivity index is 1.82. The van der Waals surface area contributed by atoms with Crippen LogP contribution in [0.5, 0.6) is 0 Å². The normalized spacial score (nSPS) is 11.7. The minimum atomic E-state index is -1.33. The van der Waals surface area contributed by atoms with Crippen molar-refractivity contribution in [1.82, 2.24) is 5.32 Å². The first-order chi connectivity index (χ1) is 12.4. The van der Waals surface area contributed by atoms with E-state index in [0.717, 1.165) is 5.56 Å². The molecule has 0 heterocycles. The van der Waals surface area contributed by atoms with E-state index >= 15 is 0 Å². The van der Waals surface area contributed by atoms with E-state index in [4.69, 9.17) is 27.9 Å². The van der Waals surface area contributed by atoms with E-state index in [9.17, 15) is 13.8 Å². The monoisotopic (exact) mass is 413 g/mol. The van der Waals surface area contributed by atoms with Gasteiger partial charge in [-0.05, 0) is 36.2 Å². The molecule has 0 bridgehead atoms. The van der Waals surface area contributed by atoms with E-state index in [2.05, 4.69) is 5.32 Å². The summed E-state index contributed by atoms with van der Waals surface area (Å²) < 4.78 is 16.6. The quantitative estimate of drug-likeness (QED) is 0.707. The highest BCUT2D eigenvalue weighted by Crippen LogP contribution is 2.21. The number of amides is 1. The fraction of sp³-hybridized carbons (Fsp3) is 0.222. The van der Waals surface area contributed by atoms with Crippen molar-refractivity contribution in [2.75, 3.05) is 19.4 Å². The van der Waals surface area contributed by atoms with Crippen LogP contribution in [0.3, 0.4) is 0 Å². The first-order valence-corrected chi connectivity index (χ1v) is 10.00. The average Bonchev–Trinajstić information content (AvgIpc) is 2.61. The van der Waals surface area contributed by atoms with Crippen LogP contribution in [0.15, 0.2) is 47.4 Å². The molecule has 0 fully saturated rings. The summed E-state index contributed by atoms with van der Waals surface area (Å²) in [7, 11) is -1.33. The topological polar surface area (TPSA) is 72.5 Å². The maximum atomic E-state index is 12.1. The summed E-state index contributed by atoms with van der Waals surface area (Å²) in [5.74, 6) is -1.12. The molecule has 0 aliphatic rings. The molecule has 1 atom stereocenters. The minimum Gasteiger partial charge on any atom is -0.452 e. The second kappa shape index (κ2) is 9.71. The molecule has 0 aromatic heterocycles. The lowest BCUT2D eigenvalue weighted by molar-refractivity contribution is -0.124. The molecule has 2 aromatic rings. The van der Waals surface area contributed by atoms with E-state index in [1.165, 1.54) is 12.3 Å². The number of rotatable bonds is 7. The van der Waals surface area contributed by atoms with Gasteiger partial charge in [0.25, 0.3) is 5.91 Å². The summed E-state index contributed by atoms with van der Waals surface area (Å²) in [5.41, 5.74) is 1.04. The van der Waals surface area contributed by atoms with E-state index in [1.807, 2.05) is 0 Å². The maximum Gasteiger partial charge on any atom is 0.339 e. The van der Waals surface area contributed by atoms with Crippen LogP contribution in [0.4, 0.5) is 0 Å². The fourth-order valence-corrected chi connectivity index (χ4v) is 3.44. The summed E-state index contributed by atoms with van der Waals surface area (Å²) in [4.78, 5) is 24.3. The Morgan fingerprint density at radius 2 is 1.88 bits per heavy atom. The smallest absolute Gasteiger partial charge is 0.339 e. The summed E-state index contributed by atoms with van der Waals surface area (Å²) >= 11 is 11.9. The lowest BCUT2D eigenvalue weighted by Crippen LogP contribution is -2.30. The number of nitrogens with one attached hydrogen (secondary N) is 1. The Kier molecular flexibility index (Phi) is 7.63. The van der Waals surface area contributed by atoms with Crippen molar-refractivity contribution < 1.29 is 18.5 Å². The number of esters is 1. The number of carbonyl (C=O) groups excluding carboxylic acids is 2. The molecule has 0 saturated carbocycles. The molecule has 2 aromatic carbocycles. The highest BCUT2D eigenvalue weighted by Gasteiger charge is 2.16. The van der Waals surface area contributed by atoms with E-state index in [-0.39, 0.29) is 5.56 Å². The SMILES string of the molecule is C[S@](=O)c1ccccc1C(=O)OCC(=O)NCCc1ccc(Cl)cc1Cl. The number of ether oxygens (including phenoxy) is 1. The number of carbonyl (C=O) groups is 2. The second-order valence-corrected chi connectivity index (χ2v) is 7.55. The van der Waals surface area contributed by atoms with Crippen LogP contribution in [-0.4, -0.2) is 35.5 Å². The molecular formula is C18H17Cl2NO4S. The Labute approximate surface area is 164 Å². The third kappa shape index (κ3) is 5.83. The molecule has 1 N–H and O–H groups in total. The largest absolute Gasteiger partial charge is 0.452 e. The van der Waals surface area contributed by atoms with Crippen molar-refractivity contribution in [3.63, 3.8) is 0 Å². The van der Waals surface area contributed by atoms with Gasteiger partial charge >= 0.3 is 5.97 Å². The highest BCUT2D eigenvalue weighted by atomic mass is 35.5. The average molecular weight is 414 g/mol. The van der Waals surface area contributed by atoms with Crippen molar-refractivity contribution in [3.05, 3.63) is 63.6 Å². The summed E-state index contributed by atoms with van der Waals surface area (Å²) in [5, 5.41) is 3.72. The first kappa shape index (κ1) is 20.4. The second-order valence-electron chi connectivity index (χ2n) is 5.36. The van der Waals surface area contributed by atoms with Crippen molar-refractivity contribution in [1.29, 1.82) is 0 Å². The van der Waals surface area contributed by atoms with E-state index in [1.54, 1.807) is 36.4 Å². The van der Waals surface area contributed by atoms with Gasteiger partial charge in [-0.1, -0.05) is 41.4 Å². The molecule has 0 aliphatic heterocycles. The van der Waals surface area contributed by atoms with Gasteiger partial charge in [0.1, 0.15) is 0 Å². The van der Waals surface area contributed by atoms with Crippen LogP contribution in [0, 0.1) is 0 Å². The number of hydrogen-bond acceptors (Lipinski definition) is 4. The Morgan fingerprint density at radius 1 is 1.15 bits per heavy atom. The molecule has 0 radical (unpaired) electrons. The number of hydrogen-bond donors (Lipinski definition) is 1. The van der Waals surface area contributed by atoms with Crippen molar-refractivity contribution in [2.24, 2.45) is 0 Å². The standard InChI is InChI=1S/C18H17Cl2NO4S/c1-26(24)16-5-3-2-4-14(16)18(23)25-11-17(22)21-9-8-12-6-7-13(19)10-15(12)20/h2-7,10H,8-9,11H2,1H3,(H,21,22)/t26-/m0/s1. The Bertz CT molecular complexity index is 842. The molecule has 0 spiro atoms. The summed E-state index contributed by atoms with van der Waals surface area (Å²) in [6.07, 6.45) is 1.99. The lowest BCUT2D eigenvalue weighted by atomic mass is 10.1. The molecule has 138 valence electrons. The summed E-state index contributed by atoms with van der Waals surface area (Å²) in [6, 6.07) is 11.6. The molecule has 26 heavy (non-hydrogen) atoms. The van der Waals surface area contributed by atoms with E-state index < -0.39 is 29.3 Å². The zero-order chi connectivity index (χ0) is 19.1. The number of benzene rings is 2. The Morgan fingerprint density at radius 3 is 2.58 bits per heavy atom.